The minimum Gasteiger partial charge on any atom is -0.360 e. The lowest BCUT2D eigenvalue weighted by Crippen LogP contribution is -2.09. The third-order valence-electron chi connectivity index (χ3n) is 2.38. The van der Waals surface area contributed by atoms with Gasteiger partial charge >= 0.3 is 0 Å². The van der Waals surface area contributed by atoms with Gasteiger partial charge in [0.2, 0.25) is 0 Å². The van der Waals surface area contributed by atoms with E-state index in [2.05, 4.69) is 15.4 Å². The van der Waals surface area contributed by atoms with Crippen LogP contribution in [-0.4, -0.2) is 15.4 Å². The first-order valence-corrected chi connectivity index (χ1v) is 5.59. The molecule has 16 heavy (non-hydrogen) atoms. The number of nitrogens with one attached hydrogen (secondary N) is 1. The molecule has 80 valence electrons. The first kappa shape index (κ1) is 9.29. The molecule has 0 atom stereocenters. The van der Waals surface area contributed by atoms with Crippen LogP contribution in [0.1, 0.15) is 5.76 Å². The Balaban J connectivity index is 2.46. The van der Waals surface area contributed by atoms with Crippen molar-refractivity contribution in [1.82, 2.24) is 15.4 Å². The van der Waals surface area contributed by atoms with Crippen molar-refractivity contribution in [2.45, 2.75) is 6.92 Å². The first-order valence-electron chi connectivity index (χ1n) is 4.64. The Morgan fingerprint density at radius 2 is 2.38 bits per heavy atom. The van der Waals surface area contributed by atoms with Gasteiger partial charge in [0, 0.05) is 10.9 Å². The molecule has 3 aromatic heterocycles. The van der Waals surface area contributed by atoms with Crippen LogP contribution in [0, 0.1) is 6.92 Å². The Hall–Kier alpha value is -1.95. The second-order valence-corrected chi connectivity index (χ2v) is 4.16. The van der Waals surface area contributed by atoms with Crippen LogP contribution in [0.25, 0.3) is 22.2 Å². The lowest BCUT2D eigenvalue weighted by molar-refractivity contribution is 0.405. The number of aromatic amines is 1. The van der Waals surface area contributed by atoms with Gasteiger partial charge in [-0.15, -0.1) is 0 Å². The third-order valence-corrected chi connectivity index (χ3v) is 3.06. The van der Waals surface area contributed by atoms with Gasteiger partial charge in [0.15, 0.2) is 5.52 Å². The van der Waals surface area contributed by atoms with Crippen LogP contribution in [0.3, 0.4) is 0 Å². The zero-order valence-electron chi connectivity index (χ0n) is 8.35. The van der Waals surface area contributed by atoms with Crippen molar-refractivity contribution in [3.8, 4) is 11.3 Å². The summed E-state index contributed by atoms with van der Waals surface area (Å²) in [6.07, 6.45) is 0. The van der Waals surface area contributed by atoms with E-state index in [1.807, 2.05) is 16.8 Å². The summed E-state index contributed by atoms with van der Waals surface area (Å²) >= 11 is 1.57. The fourth-order valence-electron chi connectivity index (χ4n) is 1.63. The Labute approximate surface area is 93.7 Å². The van der Waals surface area contributed by atoms with Crippen LogP contribution < -0.4 is 5.56 Å². The average molecular weight is 233 g/mol. The highest BCUT2D eigenvalue weighted by Crippen LogP contribution is 2.27. The number of hydrogen-bond donors (Lipinski definition) is 1. The molecular weight excluding hydrogens is 226 g/mol. The molecule has 1 N–H and O–H groups in total. The first-order chi connectivity index (χ1) is 7.77. The van der Waals surface area contributed by atoms with E-state index in [1.54, 1.807) is 18.3 Å². The van der Waals surface area contributed by atoms with Crippen LogP contribution in [0.5, 0.6) is 0 Å². The summed E-state index contributed by atoms with van der Waals surface area (Å²) in [6, 6.07) is 1.94. The molecular formula is C10H7N3O2S. The molecule has 5 nitrogen and oxygen atoms in total. The maximum absolute atomic E-state index is 11.5. The fourth-order valence-corrected chi connectivity index (χ4v) is 2.27. The lowest BCUT2D eigenvalue weighted by atomic mass is 10.1. The number of aromatic nitrogens is 3. The maximum atomic E-state index is 11.5. The molecule has 3 heterocycles. The fraction of sp³-hybridized carbons (Fsp3) is 0.100. The quantitative estimate of drug-likeness (QED) is 0.697. The molecule has 0 saturated heterocycles. The van der Waals surface area contributed by atoms with E-state index in [9.17, 15) is 4.79 Å². The van der Waals surface area contributed by atoms with E-state index >= 15 is 0 Å². The van der Waals surface area contributed by atoms with Crippen LogP contribution in [-0.2, 0) is 0 Å². The lowest BCUT2D eigenvalue weighted by Gasteiger charge is -1.97. The molecule has 3 rings (SSSR count). The van der Waals surface area contributed by atoms with Gasteiger partial charge in [-0.3, -0.25) is 4.79 Å². The molecule has 0 radical (unpaired) electrons. The molecule has 0 aliphatic heterocycles. The summed E-state index contributed by atoms with van der Waals surface area (Å²) in [5, 5.41) is 14.8. The SMILES string of the molecule is Cc1onc2c(=O)[nH]nc(-c3ccsc3)c12. The predicted molar refractivity (Wildman–Crippen MR) is 60.5 cm³/mol. The van der Waals surface area contributed by atoms with Gasteiger partial charge in [0.1, 0.15) is 11.5 Å². The Morgan fingerprint density at radius 3 is 3.12 bits per heavy atom. The van der Waals surface area contributed by atoms with E-state index in [0.717, 1.165) is 5.56 Å². The van der Waals surface area contributed by atoms with Crippen molar-refractivity contribution in [2.75, 3.05) is 0 Å². The van der Waals surface area contributed by atoms with Crippen molar-refractivity contribution in [1.29, 1.82) is 0 Å². The zero-order valence-corrected chi connectivity index (χ0v) is 9.17. The number of fused-ring (bicyclic) bond motifs is 1. The van der Waals surface area contributed by atoms with Gasteiger partial charge in [0.05, 0.1) is 5.39 Å². The van der Waals surface area contributed by atoms with E-state index in [4.69, 9.17) is 4.52 Å². The standard InChI is InChI=1S/C10H7N3O2S/c1-5-7-8(6-2-3-16-4-6)11-12-10(14)9(7)13-15-5/h2-4H,1H3,(H,12,14). The van der Waals surface area contributed by atoms with Gasteiger partial charge in [-0.05, 0) is 18.4 Å². The van der Waals surface area contributed by atoms with E-state index < -0.39 is 0 Å². The number of H-pyrrole nitrogens is 1. The Morgan fingerprint density at radius 1 is 1.50 bits per heavy atom. The smallest absolute Gasteiger partial charge is 0.294 e. The number of hydrogen-bond acceptors (Lipinski definition) is 5. The van der Waals surface area contributed by atoms with E-state index in [-0.39, 0.29) is 5.56 Å². The third kappa shape index (κ3) is 1.20. The largest absolute Gasteiger partial charge is 0.360 e. The average Bonchev–Trinajstić information content (AvgIpc) is 2.90. The van der Waals surface area contributed by atoms with Crippen molar-refractivity contribution in [2.24, 2.45) is 0 Å². The minimum absolute atomic E-state index is 0.300. The summed E-state index contributed by atoms with van der Waals surface area (Å²) in [7, 11) is 0. The van der Waals surface area contributed by atoms with E-state index in [1.165, 1.54) is 0 Å². The molecule has 0 aromatic carbocycles. The highest BCUT2D eigenvalue weighted by molar-refractivity contribution is 7.08. The monoisotopic (exact) mass is 233 g/mol. The van der Waals surface area contributed by atoms with E-state index in [0.29, 0.717) is 22.4 Å². The predicted octanol–water partition coefficient (Wildman–Crippen LogP) is 1.95. The summed E-state index contributed by atoms with van der Waals surface area (Å²) in [5.74, 6) is 0.606. The second-order valence-electron chi connectivity index (χ2n) is 3.38. The van der Waals surface area contributed by atoms with Crippen LogP contribution in [0.2, 0.25) is 0 Å². The van der Waals surface area contributed by atoms with Crippen molar-refractivity contribution in [3.05, 3.63) is 32.9 Å². The normalized spacial score (nSPS) is 11.1. The van der Waals surface area contributed by atoms with Crippen LogP contribution in [0.15, 0.2) is 26.1 Å². The highest BCUT2D eigenvalue weighted by atomic mass is 32.1. The molecule has 0 aliphatic carbocycles. The van der Waals surface area contributed by atoms with Gasteiger partial charge in [0.25, 0.3) is 5.56 Å². The van der Waals surface area contributed by atoms with Gasteiger partial charge in [-0.25, -0.2) is 5.10 Å². The van der Waals surface area contributed by atoms with Crippen molar-refractivity contribution in [3.63, 3.8) is 0 Å². The number of rotatable bonds is 1. The highest BCUT2D eigenvalue weighted by Gasteiger charge is 2.15. The molecule has 0 amide bonds. The summed E-state index contributed by atoms with van der Waals surface area (Å²) < 4.78 is 5.03. The van der Waals surface area contributed by atoms with Crippen LogP contribution >= 0.6 is 11.3 Å². The molecule has 0 fully saturated rings. The molecule has 0 aliphatic rings. The number of nitrogens with zero attached hydrogens (tertiary/aromatic N) is 2. The minimum atomic E-state index is -0.328. The Kier molecular flexibility index (Phi) is 1.90. The maximum Gasteiger partial charge on any atom is 0.294 e. The molecule has 3 aromatic rings. The second kappa shape index (κ2) is 3.28. The summed E-state index contributed by atoms with van der Waals surface area (Å²) in [5.41, 5.74) is 1.63. The summed E-state index contributed by atoms with van der Waals surface area (Å²) in [4.78, 5) is 11.5. The van der Waals surface area contributed by atoms with Gasteiger partial charge < -0.3 is 4.52 Å². The Bertz CT molecular complexity index is 696. The number of thiophene rings is 1. The molecule has 0 bridgehead atoms. The number of aryl methyl sites for hydroxylation is 1. The van der Waals surface area contributed by atoms with Crippen molar-refractivity contribution >= 4 is 22.2 Å². The molecule has 0 spiro atoms. The molecule has 0 saturated carbocycles. The van der Waals surface area contributed by atoms with Gasteiger partial charge in [-0.1, -0.05) is 5.16 Å². The van der Waals surface area contributed by atoms with Crippen LogP contribution in [0.4, 0.5) is 0 Å². The molecule has 6 heteroatoms. The topological polar surface area (TPSA) is 71.8 Å². The molecule has 0 unspecified atom stereocenters. The summed E-state index contributed by atoms with van der Waals surface area (Å²) in [6.45, 7) is 1.77. The van der Waals surface area contributed by atoms with Gasteiger partial charge in [-0.2, -0.15) is 16.4 Å². The zero-order chi connectivity index (χ0) is 11.1. The van der Waals surface area contributed by atoms with Crippen molar-refractivity contribution < 1.29 is 4.52 Å².